The molecular formula is C17H24N2O2S2. The standard InChI is InChI=1S/C17H24N2O2S2/c1-3-11-7-4-5-10-19(11)17(22)18-15-14(16(20)21-2)12-8-6-9-13(12)23-15/h11H,3-10H2,1-2H3,(H,18,22). The third kappa shape index (κ3) is 3.24. The van der Waals surface area contributed by atoms with Crippen molar-refractivity contribution in [2.24, 2.45) is 0 Å². The van der Waals surface area contributed by atoms with Crippen molar-refractivity contribution in [1.29, 1.82) is 0 Å². The number of anilines is 1. The van der Waals surface area contributed by atoms with Crippen molar-refractivity contribution >= 4 is 39.6 Å². The topological polar surface area (TPSA) is 41.6 Å². The Morgan fingerprint density at radius 1 is 1.39 bits per heavy atom. The van der Waals surface area contributed by atoms with E-state index < -0.39 is 0 Å². The molecule has 3 rings (SSSR count). The van der Waals surface area contributed by atoms with E-state index in [2.05, 4.69) is 17.1 Å². The van der Waals surface area contributed by atoms with Crippen LogP contribution in [-0.4, -0.2) is 35.7 Å². The van der Waals surface area contributed by atoms with Crippen molar-refractivity contribution in [2.45, 2.75) is 57.9 Å². The molecule has 23 heavy (non-hydrogen) atoms. The third-order valence-corrected chi connectivity index (χ3v) is 6.43. The molecule has 1 saturated heterocycles. The van der Waals surface area contributed by atoms with Crippen molar-refractivity contribution in [3.63, 3.8) is 0 Å². The number of hydrogen-bond acceptors (Lipinski definition) is 4. The number of nitrogens with one attached hydrogen (secondary N) is 1. The lowest BCUT2D eigenvalue weighted by Crippen LogP contribution is -2.45. The fourth-order valence-corrected chi connectivity index (χ4v) is 5.36. The molecule has 1 N–H and O–H groups in total. The molecule has 0 radical (unpaired) electrons. The lowest BCUT2D eigenvalue weighted by atomic mass is 10.0. The second kappa shape index (κ2) is 7.18. The summed E-state index contributed by atoms with van der Waals surface area (Å²) < 4.78 is 5.00. The molecule has 2 aliphatic rings. The SMILES string of the molecule is CCC1CCCCN1C(=S)Nc1sc2c(c1C(=O)OC)CCC2. The average Bonchev–Trinajstić information content (AvgIpc) is 3.14. The van der Waals surface area contributed by atoms with Crippen molar-refractivity contribution in [3.8, 4) is 0 Å². The second-order valence-electron chi connectivity index (χ2n) is 6.23. The van der Waals surface area contributed by atoms with Crippen LogP contribution < -0.4 is 5.32 Å². The highest BCUT2D eigenvalue weighted by Crippen LogP contribution is 2.39. The molecule has 0 amide bonds. The van der Waals surface area contributed by atoms with Crippen LogP contribution in [0.3, 0.4) is 0 Å². The van der Waals surface area contributed by atoms with E-state index in [-0.39, 0.29) is 5.97 Å². The molecular weight excluding hydrogens is 328 g/mol. The van der Waals surface area contributed by atoms with Crippen LogP contribution in [0.5, 0.6) is 0 Å². The van der Waals surface area contributed by atoms with E-state index in [0.717, 1.165) is 47.9 Å². The maximum atomic E-state index is 12.2. The number of thiocarbonyl (C=S) groups is 1. The molecule has 6 heteroatoms. The fourth-order valence-electron chi connectivity index (χ4n) is 3.67. The van der Waals surface area contributed by atoms with Gasteiger partial charge >= 0.3 is 5.97 Å². The van der Waals surface area contributed by atoms with Gasteiger partial charge in [-0.15, -0.1) is 11.3 Å². The maximum Gasteiger partial charge on any atom is 0.341 e. The number of aryl methyl sites for hydroxylation is 1. The Balaban J connectivity index is 1.82. The number of rotatable bonds is 3. The summed E-state index contributed by atoms with van der Waals surface area (Å²) in [5.41, 5.74) is 1.87. The molecule has 126 valence electrons. The maximum absolute atomic E-state index is 12.2. The summed E-state index contributed by atoms with van der Waals surface area (Å²) >= 11 is 7.33. The van der Waals surface area contributed by atoms with Gasteiger partial charge in [-0.1, -0.05) is 6.92 Å². The van der Waals surface area contributed by atoms with E-state index in [1.165, 1.54) is 31.2 Å². The Bertz CT molecular complexity index is 612. The number of hydrogen-bond donors (Lipinski definition) is 1. The molecule has 1 aliphatic heterocycles. The van der Waals surface area contributed by atoms with E-state index >= 15 is 0 Å². The first kappa shape index (κ1) is 16.7. The smallest absolute Gasteiger partial charge is 0.341 e. The van der Waals surface area contributed by atoms with Crippen LogP contribution >= 0.6 is 23.6 Å². The molecule has 1 aromatic rings. The normalized spacial score (nSPS) is 20.3. The van der Waals surface area contributed by atoms with Gasteiger partial charge in [0, 0.05) is 17.5 Å². The van der Waals surface area contributed by atoms with Crippen LogP contribution in [0.1, 0.15) is 59.8 Å². The van der Waals surface area contributed by atoms with E-state index in [1.54, 1.807) is 11.3 Å². The molecule has 0 aromatic carbocycles. The van der Waals surface area contributed by atoms with Gasteiger partial charge in [0.15, 0.2) is 5.11 Å². The number of carbonyl (C=O) groups excluding carboxylic acids is 1. The minimum Gasteiger partial charge on any atom is -0.465 e. The molecule has 1 fully saturated rings. The number of methoxy groups -OCH3 is 1. The first-order chi connectivity index (χ1) is 11.2. The number of piperidine rings is 1. The number of carbonyl (C=O) groups is 1. The Morgan fingerprint density at radius 2 is 2.22 bits per heavy atom. The molecule has 0 spiro atoms. The number of likely N-dealkylation sites (tertiary alicyclic amines) is 1. The van der Waals surface area contributed by atoms with Crippen LogP contribution in [0.25, 0.3) is 0 Å². The van der Waals surface area contributed by atoms with Gasteiger partial charge in [-0.05, 0) is 62.7 Å². The van der Waals surface area contributed by atoms with E-state index in [0.29, 0.717) is 11.6 Å². The number of ether oxygens (including phenoxy) is 1. The predicted octanol–water partition coefficient (Wildman–Crippen LogP) is 3.98. The highest BCUT2D eigenvalue weighted by molar-refractivity contribution is 7.80. The van der Waals surface area contributed by atoms with Crippen LogP contribution in [0, 0.1) is 0 Å². The summed E-state index contributed by atoms with van der Waals surface area (Å²) in [5.74, 6) is -0.250. The summed E-state index contributed by atoms with van der Waals surface area (Å²) in [6, 6.07) is 0.511. The van der Waals surface area contributed by atoms with Crippen LogP contribution in [-0.2, 0) is 17.6 Å². The zero-order chi connectivity index (χ0) is 16.4. The highest BCUT2D eigenvalue weighted by Gasteiger charge is 2.29. The van der Waals surface area contributed by atoms with Crippen molar-refractivity contribution in [3.05, 3.63) is 16.0 Å². The molecule has 1 aromatic heterocycles. The molecule has 1 atom stereocenters. The van der Waals surface area contributed by atoms with Gasteiger partial charge in [-0.2, -0.15) is 0 Å². The highest BCUT2D eigenvalue weighted by atomic mass is 32.1. The minimum atomic E-state index is -0.250. The predicted molar refractivity (Wildman–Crippen MR) is 98.5 cm³/mol. The quantitative estimate of drug-likeness (QED) is 0.658. The van der Waals surface area contributed by atoms with E-state index in [1.807, 2.05) is 0 Å². The summed E-state index contributed by atoms with van der Waals surface area (Å²) in [4.78, 5) is 15.8. The monoisotopic (exact) mass is 352 g/mol. The number of esters is 1. The molecule has 4 nitrogen and oxygen atoms in total. The molecule has 2 heterocycles. The van der Waals surface area contributed by atoms with Gasteiger partial charge in [0.25, 0.3) is 0 Å². The van der Waals surface area contributed by atoms with Crippen LogP contribution in [0.4, 0.5) is 5.00 Å². The van der Waals surface area contributed by atoms with Gasteiger partial charge in [0.1, 0.15) is 5.00 Å². The first-order valence-electron chi connectivity index (χ1n) is 8.46. The van der Waals surface area contributed by atoms with E-state index in [4.69, 9.17) is 17.0 Å². The Kier molecular flexibility index (Phi) is 5.21. The fraction of sp³-hybridized carbons (Fsp3) is 0.647. The van der Waals surface area contributed by atoms with Crippen molar-refractivity contribution in [2.75, 3.05) is 19.0 Å². The third-order valence-electron chi connectivity index (χ3n) is 4.89. The van der Waals surface area contributed by atoms with Crippen molar-refractivity contribution in [1.82, 2.24) is 4.90 Å². The number of thiophene rings is 1. The molecule has 1 aliphatic carbocycles. The zero-order valence-electron chi connectivity index (χ0n) is 13.8. The van der Waals surface area contributed by atoms with Gasteiger partial charge in [0.05, 0.1) is 12.7 Å². The summed E-state index contributed by atoms with van der Waals surface area (Å²) in [6.45, 7) is 3.22. The molecule has 0 saturated carbocycles. The zero-order valence-corrected chi connectivity index (χ0v) is 15.4. The van der Waals surface area contributed by atoms with E-state index in [9.17, 15) is 4.79 Å². The Hall–Kier alpha value is -1.14. The lowest BCUT2D eigenvalue weighted by Gasteiger charge is -2.37. The first-order valence-corrected chi connectivity index (χ1v) is 9.68. The van der Waals surface area contributed by atoms with Gasteiger partial charge in [-0.3, -0.25) is 0 Å². The summed E-state index contributed by atoms with van der Waals surface area (Å²) in [6.07, 6.45) is 7.91. The van der Waals surface area contributed by atoms with Crippen LogP contribution in [0.15, 0.2) is 0 Å². The summed E-state index contributed by atoms with van der Waals surface area (Å²) in [5, 5.41) is 4.98. The van der Waals surface area contributed by atoms with Crippen LogP contribution in [0.2, 0.25) is 0 Å². The largest absolute Gasteiger partial charge is 0.465 e. The van der Waals surface area contributed by atoms with Gasteiger partial charge < -0.3 is 15.0 Å². The number of nitrogens with zero attached hydrogens (tertiary/aromatic N) is 1. The molecule has 1 unspecified atom stereocenters. The number of fused-ring (bicyclic) bond motifs is 1. The summed E-state index contributed by atoms with van der Waals surface area (Å²) in [7, 11) is 1.45. The van der Waals surface area contributed by atoms with Gasteiger partial charge in [-0.25, -0.2) is 4.79 Å². The average molecular weight is 353 g/mol. The minimum absolute atomic E-state index is 0.250. The van der Waals surface area contributed by atoms with Crippen molar-refractivity contribution < 1.29 is 9.53 Å². The Labute approximate surface area is 147 Å². The molecule has 0 bridgehead atoms. The van der Waals surface area contributed by atoms with Gasteiger partial charge in [0.2, 0.25) is 0 Å². The lowest BCUT2D eigenvalue weighted by molar-refractivity contribution is 0.0601. The second-order valence-corrected chi connectivity index (χ2v) is 7.73. The Morgan fingerprint density at radius 3 is 2.96 bits per heavy atom.